The Morgan fingerprint density at radius 3 is 2.86 bits per heavy atom. The lowest BCUT2D eigenvalue weighted by Crippen LogP contribution is -2.41. The molecular weight excluding hydrogens is 270 g/mol. The van der Waals surface area contributed by atoms with Crippen molar-refractivity contribution < 1.29 is 14.7 Å². The second-order valence-electron chi connectivity index (χ2n) is 5.05. The Morgan fingerprint density at radius 1 is 1.38 bits per heavy atom. The minimum absolute atomic E-state index is 0.0704. The van der Waals surface area contributed by atoms with E-state index in [9.17, 15) is 9.59 Å². The zero-order valence-corrected chi connectivity index (χ0v) is 12.3. The van der Waals surface area contributed by atoms with Crippen LogP contribution >= 0.6 is 0 Å². The van der Waals surface area contributed by atoms with Crippen molar-refractivity contribution in [2.24, 2.45) is 0 Å². The molecule has 0 aliphatic rings. The Labute approximate surface area is 125 Å². The van der Waals surface area contributed by atoms with Crippen LogP contribution in [0.25, 0.3) is 0 Å². The molecule has 3 N–H and O–H groups in total. The van der Waals surface area contributed by atoms with E-state index in [4.69, 9.17) is 5.11 Å². The van der Waals surface area contributed by atoms with Crippen molar-refractivity contribution in [1.82, 2.24) is 15.6 Å². The molecule has 21 heavy (non-hydrogen) atoms. The Morgan fingerprint density at radius 2 is 2.19 bits per heavy atom. The fourth-order valence-corrected chi connectivity index (χ4v) is 1.95. The van der Waals surface area contributed by atoms with Gasteiger partial charge in [-0.25, -0.2) is 4.79 Å². The lowest BCUT2D eigenvalue weighted by atomic mass is 10.1. The van der Waals surface area contributed by atoms with E-state index in [1.165, 1.54) is 5.56 Å². The summed E-state index contributed by atoms with van der Waals surface area (Å²) in [5, 5.41) is 14.0. The second kappa shape index (κ2) is 9.74. The summed E-state index contributed by atoms with van der Waals surface area (Å²) in [7, 11) is 0. The zero-order chi connectivity index (χ0) is 15.5. The molecule has 0 saturated heterocycles. The summed E-state index contributed by atoms with van der Waals surface area (Å²) in [6.07, 6.45) is 6.93. The summed E-state index contributed by atoms with van der Waals surface area (Å²) < 4.78 is 0. The molecule has 0 spiro atoms. The Hall–Kier alpha value is -2.11. The predicted molar refractivity (Wildman–Crippen MR) is 80.0 cm³/mol. The number of hydrogen-bond donors (Lipinski definition) is 3. The highest BCUT2D eigenvalue weighted by molar-refractivity contribution is 5.74. The van der Waals surface area contributed by atoms with Crippen LogP contribution in [0.3, 0.4) is 0 Å². The van der Waals surface area contributed by atoms with E-state index in [0.717, 1.165) is 19.3 Å². The number of carbonyl (C=O) groups excluding carboxylic acids is 1. The topological polar surface area (TPSA) is 91.3 Å². The standard InChI is InChI=1S/C15H23N3O3/c1-12(5-2-6-13-7-3-9-16-11-13)18-15(21)17-10-4-8-14(19)20/h3,7,9,11-12H,2,4-6,8,10H2,1H3,(H,19,20)(H2,17,18,21). The summed E-state index contributed by atoms with van der Waals surface area (Å²) in [5.41, 5.74) is 1.20. The lowest BCUT2D eigenvalue weighted by molar-refractivity contribution is -0.137. The van der Waals surface area contributed by atoms with E-state index in [-0.39, 0.29) is 18.5 Å². The number of nitrogens with zero attached hydrogens (tertiary/aromatic N) is 1. The van der Waals surface area contributed by atoms with Gasteiger partial charge in [-0.05, 0) is 44.2 Å². The number of aryl methyl sites for hydroxylation is 1. The van der Waals surface area contributed by atoms with Gasteiger partial charge in [-0.1, -0.05) is 6.07 Å². The maximum absolute atomic E-state index is 11.6. The molecule has 0 fully saturated rings. The molecule has 2 amide bonds. The molecule has 6 heteroatoms. The third-order valence-electron chi connectivity index (χ3n) is 3.06. The number of carbonyl (C=O) groups is 2. The van der Waals surface area contributed by atoms with Gasteiger partial charge in [-0.3, -0.25) is 9.78 Å². The van der Waals surface area contributed by atoms with Crippen LogP contribution in [0.2, 0.25) is 0 Å². The third-order valence-corrected chi connectivity index (χ3v) is 3.06. The van der Waals surface area contributed by atoms with Gasteiger partial charge in [0.2, 0.25) is 0 Å². The molecule has 1 unspecified atom stereocenters. The van der Waals surface area contributed by atoms with Gasteiger partial charge in [-0.2, -0.15) is 0 Å². The third kappa shape index (κ3) is 8.62. The van der Waals surface area contributed by atoms with E-state index in [2.05, 4.69) is 15.6 Å². The Bertz CT molecular complexity index is 437. The van der Waals surface area contributed by atoms with Crippen LogP contribution in [-0.2, 0) is 11.2 Å². The highest BCUT2D eigenvalue weighted by Gasteiger charge is 2.07. The Balaban J connectivity index is 2.08. The smallest absolute Gasteiger partial charge is 0.314 e. The lowest BCUT2D eigenvalue weighted by Gasteiger charge is -2.14. The van der Waals surface area contributed by atoms with Crippen molar-refractivity contribution >= 4 is 12.0 Å². The number of aliphatic carboxylic acids is 1. The van der Waals surface area contributed by atoms with E-state index >= 15 is 0 Å². The van der Waals surface area contributed by atoms with E-state index in [1.807, 2.05) is 25.3 Å². The molecule has 1 aromatic heterocycles. The van der Waals surface area contributed by atoms with Gasteiger partial charge in [0.05, 0.1) is 0 Å². The van der Waals surface area contributed by atoms with Crippen LogP contribution in [0.5, 0.6) is 0 Å². The normalized spacial score (nSPS) is 11.7. The first-order valence-electron chi connectivity index (χ1n) is 7.23. The van der Waals surface area contributed by atoms with Crippen LogP contribution in [-0.4, -0.2) is 34.7 Å². The number of amides is 2. The average Bonchev–Trinajstić information content (AvgIpc) is 2.44. The first-order chi connectivity index (χ1) is 10.1. The van der Waals surface area contributed by atoms with Crippen molar-refractivity contribution in [1.29, 1.82) is 0 Å². The van der Waals surface area contributed by atoms with Gasteiger partial charge < -0.3 is 15.7 Å². The minimum Gasteiger partial charge on any atom is -0.481 e. The average molecular weight is 293 g/mol. The highest BCUT2D eigenvalue weighted by Crippen LogP contribution is 2.05. The Kier molecular flexibility index (Phi) is 7.86. The number of urea groups is 1. The van der Waals surface area contributed by atoms with Crippen molar-refractivity contribution in [2.45, 2.75) is 45.1 Å². The summed E-state index contributed by atoms with van der Waals surface area (Å²) in [5.74, 6) is -0.846. The molecule has 0 saturated carbocycles. The van der Waals surface area contributed by atoms with Crippen molar-refractivity contribution in [3.8, 4) is 0 Å². The van der Waals surface area contributed by atoms with Gasteiger partial charge in [0.1, 0.15) is 0 Å². The molecule has 1 heterocycles. The summed E-state index contributed by atoms with van der Waals surface area (Å²) >= 11 is 0. The number of rotatable bonds is 9. The van der Waals surface area contributed by atoms with Crippen LogP contribution in [0.15, 0.2) is 24.5 Å². The van der Waals surface area contributed by atoms with Gasteiger partial charge in [0.25, 0.3) is 0 Å². The minimum atomic E-state index is -0.846. The van der Waals surface area contributed by atoms with Gasteiger partial charge >= 0.3 is 12.0 Å². The van der Waals surface area contributed by atoms with Crippen LogP contribution in [0.4, 0.5) is 4.79 Å². The first kappa shape index (κ1) is 16.9. The van der Waals surface area contributed by atoms with Crippen LogP contribution in [0.1, 0.15) is 38.2 Å². The number of carboxylic acid groups (broad SMARTS) is 1. The van der Waals surface area contributed by atoms with Gasteiger partial charge in [-0.15, -0.1) is 0 Å². The number of hydrogen-bond acceptors (Lipinski definition) is 3. The fraction of sp³-hybridized carbons (Fsp3) is 0.533. The SMILES string of the molecule is CC(CCCc1cccnc1)NC(=O)NCCCC(=O)O. The maximum Gasteiger partial charge on any atom is 0.314 e. The molecule has 116 valence electrons. The van der Waals surface area contributed by atoms with Gasteiger partial charge in [0, 0.05) is 31.4 Å². The monoisotopic (exact) mass is 293 g/mol. The molecule has 0 bridgehead atoms. The predicted octanol–water partition coefficient (Wildman–Crippen LogP) is 1.96. The molecule has 1 atom stereocenters. The second-order valence-corrected chi connectivity index (χ2v) is 5.05. The van der Waals surface area contributed by atoms with Crippen molar-refractivity contribution in [3.63, 3.8) is 0 Å². The fourth-order valence-electron chi connectivity index (χ4n) is 1.95. The van der Waals surface area contributed by atoms with E-state index in [0.29, 0.717) is 13.0 Å². The molecule has 1 aromatic rings. The molecule has 0 aliphatic heterocycles. The van der Waals surface area contributed by atoms with Crippen molar-refractivity contribution in [2.75, 3.05) is 6.54 Å². The summed E-state index contributed by atoms with van der Waals surface area (Å²) in [4.78, 5) is 25.9. The first-order valence-corrected chi connectivity index (χ1v) is 7.23. The molecule has 0 aromatic carbocycles. The molecule has 0 radical (unpaired) electrons. The summed E-state index contributed by atoms with van der Waals surface area (Å²) in [6, 6.07) is 3.80. The number of aromatic nitrogens is 1. The van der Waals surface area contributed by atoms with E-state index in [1.54, 1.807) is 6.20 Å². The molecule has 6 nitrogen and oxygen atoms in total. The zero-order valence-electron chi connectivity index (χ0n) is 12.3. The summed E-state index contributed by atoms with van der Waals surface area (Å²) in [6.45, 7) is 2.33. The van der Waals surface area contributed by atoms with E-state index < -0.39 is 5.97 Å². The highest BCUT2D eigenvalue weighted by atomic mass is 16.4. The van der Waals surface area contributed by atoms with Crippen molar-refractivity contribution in [3.05, 3.63) is 30.1 Å². The van der Waals surface area contributed by atoms with Gasteiger partial charge in [0.15, 0.2) is 0 Å². The number of carboxylic acids is 1. The maximum atomic E-state index is 11.6. The molecule has 1 rings (SSSR count). The molecular formula is C15H23N3O3. The quantitative estimate of drug-likeness (QED) is 0.607. The number of pyridine rings is 1. The molecule has 0 aliphatic carbocycles. The largest absolute Gasteiger partial charge is 0.481 e. The number of nitrogens with one attached hydrogen (secondary N) is 2. The van der Waals surface area contributed by atoms with Crippen LogP contribution in [0, 0.1) is 0 Å². The van der Waals surface area contributed by atoms with Crippen LogP contribution < -0.4 is 10.6 Å².